The quantitative estimate of drug-likeness (QED) is 0.300. The molecule has 3 N–H and O–H groups in total. The molecule has 0 unspecified atom stereocenters. The lowest BCUT2D eigenvalue weighted by atomic mass is 9.98. The van der Waals surface area contributed by atoms with Crippen LogP contribution in [0, 0.1) is 10.1 Å². The van der Waals surface area contributed by atoms with E-state index < -0.39 is 4.92 Å². The molecule has 0 bridgehead atoms. The minimum Gasteiger partial charge on any atom is -0.508 e. The maximum absolute atomic E-state index is 12.9. The number of nitrogens with one attached hydrogen (secondary N) is 1. The molecule has 0 spiro atoms. The van der Waals surface area contributed by atoms with E-state index in [0.29, 0.717) is 6.04 Å². The van der Waals surface area contributed by atoms with Gasteiger partial charge in [0.15, 0.2) is 11.5 Å². The van der Waals surface area contributed by atoms with Gasteiger partial charge in [-0.2, -0.15) is 0 Å². The SMILES string of the molecule is CN1CCC(N2CCC(NC(=O)c3cc(-c4c(O)cc(O)cc4Oc4ccc([N+](=O)[O-])cc4)on3)CC2)CC1. The van der Waals surface area contributed by atoms with Gasteiger partial charge in [-0.05, 0) is 58.0 Å². The van der Waals surface area contributed by atoms with Crippen molar-refractivity contribution in [3.05, 3.63) is 58.3 Å². The zero-order valence-corrected chi connectivity index (χ0v) is 21.6. The van der Waals surface area contributed by atoms with Crippen molar-refractivity contribution in [3.8, 4) is 34.3 Å². The van der Waals surface area contributed by atoms with Crippen LogP contribution in [0.2, 0.25) is 0 Å². The number of piperidine rings is 2. The van der Waals surface area contributed by atoms with Crippen molar-refractivity contribution >= 4 is 11.6 Å². The molecule has 5 rings (SSSR count). The number of benzene rings is 2. The average Bonchev–Trinajstić information content (AvgIpc) is 3.39. The Kier molecular flexibility index (Phi) is 7.66. The Bertz CT molecular complexity index is 1330. The number of nitro benzene ring substituents is 1. The number of rotatable bonds is 7. The smallest absolute Gasteiger partial charge is 0.273 e. The van der Waals surface area contributed by atoms with E-state index in [1.807, 2.05) is 0 Å². The summed E-state index contributed by atoms with van der Waals surface area (Å²) in [6.45, 7) is 4.11. The molecular weight excluding hydrogens is 506 g/mol. The summed E-state index contributed by atoms with van der Waals surface area (Å²) in [5.74, 6) is -0.680. The number of hydrogen-bond donors (Lipinski definition) is 3. The third-order valence-corrected chi connectivity index (χ3v) is 7.40. The van der Waals surface area contributed by atoms with Gasteiger partial charge in [0.2, 0.25) is 0 Å². The van der Waals surface area contributed by atoms with Crippen LogP contribution in [0.15, 0.2) is 47.0 Å². The van der Waals surface area contributed by atoms with E-state index in [4.69, 9.17) is 9.26 Å². The summed E-state index contributed by atoms with van der Waals surface area (Å²) in [5, 5.41) is 38.4. The summed E-state index contributed by atoms with van der Waals surface area (Å²) in [6, 6.07) is 9.73. The fraction of sp³-hybridized carbons (Fsp3) is 0.407. The second kappa shape index (κ2) is 11.3. The molecule has 12 nitrogen and oxygen atoms in total. The molecule has 3 aromatic rings. The van der Waals surface area contributed by atoms with E-state index in [1.54, 1.807) is 0 Å². The zero-order chi connectivity index (χ0) is 27.5. The van der Waals surface area contributed by atoms with Gasteiger partial charge in [0.25, 0.3) is 11.6 Å². The summed E-state index contributed by atoms with van der Waals surface area (Å²) in [5.41, 5.74) is 0.0142. The fourth-order valence-electron chi connectivity index (χ4n) is 5.21. The lowest BCUT2D eigenvalue weighted by Crippen LogP contribution is -2.50. The Hall–Kier alpha value is -4.16. The van der Waals surface area contributed by atoms with Crippen LogP contribution in [0.5, 0.6) is 23.0 Å². The lowest BCUT2D eigenvalue weighted by molar-refractivity contribution is -0.384. The van der Waals surface area contributed by atoms with Crippen LogP contribution in [-0.4, -0.2) is 81.3 Å². The average molecular weight is 538 g/mol. The Morgan fingerprint density at radius 1 is 1.08 bits per heavy atom. The van der Waals surface area contributed by atoms with Crippen LogP contribution in [-0.2, 0) is 0 Å². The molecule has 2 aliphatic rings. The first-order valence-electron chi connectivity index (χ1n) is 13.0. The number of nitrogens with zero attached hydrogens (tertiary/aromatic N) is 4. The van der Waals surface area contributed by atoms with Gasteiger partial charge >= 0.3 is 0 Å². The first-order valence-corrected chi connectivity index (χ1v) is 13.0. The number of phenols is 2. The van der Waals surface area contributed by atoms with E-state index in [-0.39, 0.29) is 57.7 Å². The van der Waals surface area contributed by atoms with Crippen LogP contribution in [0.4, 0.5) is 5.69 Å². The number of hydrogen-bond acceptors (Lipinski definition) is 10. The van der Waals surface area contributed by atoms with Gasteiger partial charge in [-0.15, -0.1) is 0 Å². The molecule has 2 aliphatic heterocycles. The summed E-state index contributed by atoms with van der Waals surface area (Å²) in [6.07, 6.45) is 4.06. The second-order valence-corrected chi connectivity index (χ2v) is 10.1. The predicted molar refractivity (Wildman–Crippen MR) is 141 cm³/mol. The number of carbonyl (C=O) groups excluding carboxylic acids is 1. The summed E-state index contributed by atoms with van der Waals surface area (Å²) >= 11 is 0. The Morgan fingerprint density at radius 3 is 2.44 bits per heavy atom. The molecule has 206 valence electrons. The third kappa shape index (κ3) is 6.13. The van der Waals surface area contributed by atoms with Gasteiger partial charge in [-0.25, -0.2) is 0 Å². The molecular formula is C27H31N5O7. The van der Waals surface area contributed by atoms with Crippen LogP contribution in [0.1, 0.15) is 36.2 Å². The molecule has 39 heavy (non-hydrogen) atoms. The standard InChI is InChI=1S/C27H31N5O7/c1-30-10-8-18(9-11-30)31-12-6-17(7-13-31)28-27(35)22-16-25(39-29-22)26-23(34)14-20(33)15-24(26)38-21-4-2-19(3-5-21)32(36)37/h2-5,14-18,33-34H,6-13H2,1H3,(H,28,35). The zero-order valence-electron chi connectivity index (χ0n) is 21.6. The number of phenolic OH excluding ortho intramolecular Hbond substituents is 2. The van der Waals surface area contributed by atoms with E-state index in [9.17, 15) is 25.1 Å². The van der Waals surface area contributed by atoms with Crippen molar-refractivity contribution in [2.45, 2.75) is 37.8 Å². The maximum Gasteiger partial charge on any atom is 0.273 e. The largest absolute Gasteiger partial charge is 0.508 e. The van der Waals surface area contributed by atoms with Crippen molar-refractivity contribution in [2.75, 3.05) is 33.2 Å². The van der Waals surface area contributed by atoms with Crippen LogP contribution < -0.4 is 10.1 Å². The normalized spacial score (nSPS) is 17.7. The monoisotopic (exact) mass is 537 g/mol. The van der Waals surface area contributed by atoms with E-state index >= 15 is 0 Å². The summed E-state index contributed by atoms with van der Waals surface area (Å²) in [7, 11) is 2.16. The first kappa shape index (κ1) is 26.4. The van der Waals surface area contributed by atoms with E-state index in [2.05, 4.69) is 27.3 Å². The highest BCUT2D eigenvalue weighted by atomic mass is 16.6. The maximum atomic E-state index is 12.9. The highest BCUT2D eigenvalue weighted by Crippen LogP contribution is 2.43. The summed E-state index contributed by atoms with van der Waals surface area (Å²) < 4.78 is 11.2. The Labute approximate surface area is 224 Å². The summed E-state index contributed by atoms with van der Waals surface area (Å²) in [4.78, 5) is 28.2. The molecule has 2 fully saturated rings. The van der Waals surface area contributed by atoms with Crippen molar-refractivity contribution < 1.29 is 29.2 Å². The van der Waals surface area contributed by atoms with Gasteiger partial charge in [-0.3, -0.25) is 14.9 Å². The van der Waals surface area contributed by atoms with Crippen molar-refractivity contribution in [1.82, 2.24) is 20.3 Å². The minimum absolute atomic E-state index is 0.0192. The number of carbonyl (C=O) groups is 1. The molecule has 1 amide bonds. The highest BCUT2D eigenvalue weighted by Gasteiger charge is 2.29. The Morgan fingerprint density at radius 2 is 1.77 bits per heavy atom. The number of likely N-dealkylation sites (tertiary alicyclic amines) is 2. The number of ether oxygens (including phenoxy) is 1. The molecule has 0 atom stereocenters. The van der Waals surface area contributed by atoms with Gasteiger partial charge in [-0.1, -0.05) is 5.16 Å². The van der Waals surface area contributed by atoms with Crippen LogP contribution in [0.3, 0.4) is 0 Å². The number of non-ortho nitro benzene ring substituents is 1. The van der Waals surface area contributed by atoms with Crippen LogP contribution >= 0.6 is 0 Å². The van der Waals surface area contributed by atoms with E-state index in [0.717, 1.165) is 45.1 Å². The van der Waals surface area contributed by atoms with Gasteiger partial charge in [0.1, 0.15) is 28.6 Å². The minimum atomic E-state index is -0.532. The predicted octanol–water partition coefficient (Wildman–Crippen LogP) is 3.74. The number of aromatic nitrogens is 1. The highest BCUT2D eigenvalue weighted by molar-refractivity contribution is 5.93. The molecule has 2 saturated heterocycles. The van der Waals surface area contributed by atoms with Crippen molar-refractivity contribution in [3.63, 3.8) is 0 Å². The molecule has 1 aromatic heterocycles. The molecule has 0 aliphatic carbocycles. The molecule has 2 aromatic carbocycles. The first-order chi connectivity index (χ1) is 18.8. The van der Waals surface area contributed by atoms with Crippen molar-refractivity contribution in [1.29, 1.82) is 0 Å². The topological polar surface area (TPSA) is 154 Å². The second-order valence-electron chi connectivity index (χ2n) is 10.1. The van der Waals surface area contributed by atoms with E-state index in [1.165, 1.54) is 49.2 Å². The molecule has 0 radical (unpaired) electrons. The van der Waals surface area contributed by atoms with Gasteiger partial charge in [0.05, 0.1) is 4.92 Å². The van der Waals surface area contributed by atoms with Crippen molar-refractivity contribution in [2.24, 2.45) is 0 Å². The number of amides is 1. The number of nitro groups is 1. The lowest BCUT2D eigenvalue weighted by Gasteiger charge is -2.41. The molecule has 0 saturated carbocycles. The fourth-order valence-corrected chi connectivity index (χ4v) is 5.21. The van der Waals surface area contributed by atoms with Crippen LogP contribution in [0.25, 0.3) is 11.3 Å². The third-order valence-electron chi connectivity index (χ3n) is 7.40. The van der Waals surface area contributed by atoms with Gasteiger partial charge < -0.3 is 34.6 Å². The molecule has 3 heterocycles. The number of aromatic hydroxyl groups is 2. The Balaban J connectivity index is 1.25. The molecule has 12 heteroatoms. The van der Waals surface area contributed by atoms with Gasteiger partial charge in [0, 0.05) is 55.5 Å².